The first-order valence-corrected chi connectivity index (χ1v) is 11.2. The van der Waals surface area contributed by atoms with Crippen LogP contribution in [0.15, 0.2) is 0 Å². The molecule has 2 atom stereocenters. The van der Waals surface area contributed by atoms with Gasteiger partial charge in [0.2, 0.25) is 0 Å². The highest BCUT2D eigenvalue weighted by Gasteiger charge is 2.43. The minimum atomic E-state index is -2.18. The molecule has 0 heterocycles. The maximum absolute atomic E-state index is 12.2. The number of carbonyl (C=O) groups is 2. The van der Waals surface area contributed by atoms with Crippen LogP contribution in [-0.2, 0) is 14.3 Å². The van der Waals surface area contributed by atoms with Gasteiger partial charge < -0.3 is 25.2 Å². The van der Waals surface area contributed by atoms with Crippen molar-refractivity contribution in [3.63, 3.8) is 0 Å². The Bertz CT molecular complexity index is 414. The van der Waals surface area contributed by atoms with Crippen LogP contribution in [0.5, 0.6) is 0 Å². The van der Waals surface area contributed by atoms with Crippen molar-refractivity contribution in [2.24, 2.45) is 0 Å². The van der Waals surface area contributed by atoms with Gasteiger partial charge in [0.05, 0.1) is 13.2 Å². The van der Waals surface area contributed by atoms with Crippen LogP contribution in [0.3, 0.4) is 0 Å². The van der Waals surface area contributed by atoms with E-state index in [1.165, 1.54) is 0 Å². The van der Waals surface area contributed by atoms with Crippen molar-refractivity contribution in [2.45, 2.75) is 115 Å². The summed E-state index contributed by atoms with van der Waals surface area (Å²) in [4.78, 5) is 24.5. The SMILES string of the molecule is CCCCCCCCC(O)(CO)C(=O)OC(=O)C(O)(CO)CCCCCCCC. The van der Waals surface area contributed by atoms with E-state index >= 15 is 0 Å². The third-order valence-corrected chi connectivity index (χ3v) is 5.36. The summed E-state index contributed by atoms with van der Waals surface area (Å²) in [5, 5.41) is 39.6. The van der Waals surface area contributed by atoms with Gasteiger partial charge in [-0.25, -0.2) is 9.59 Å². The van der Waals surface area contributed by atoms with E-state index in [4.69, 9.17) is 0 Å². The molecule has 172 valence electrons. The van der Waals surface area contributed by atoms with Gasteiger partial charge in [-0.1, -0.05) is 78.1 Å². The van der Waals surface area contributed by atoms with Crippen LogP contribution in [0, 0.1) is 0 Å². The molecular weight excluding hydrogens is 376 g/mol. The van der Waals surface area contributed by atoms with E-state index in [0.29, 0.717) is 12.8 Å². The number of aliphatic hydroxyl groups is 4. The normalized spacial score (nSPS) is 15.5. The first-order chi connectivity index (χ1) is 13.8. The molecule has 0 aliphatic rings. The fourth-order valence-electron chi connectivity index (χ4n) is 3.16. The number of ether oxygens (including phenoxy) is 1. The van der Waals surface area contributed by atoms with Gasteiger partial charge >= 0.3 is 11.9 Å². The quantitative estimate of drug-likeness (QED) is 0.153. The van der Waals surface area contributed by atoms with Crippen molar-refractivity contribution >= 4 is 11.9 Å². The summed E-state index contributed by atoms with van der Waals surface area (Å²) in [7, 11) is 0. The lowest BCUT2D eigenvalue weighted by atomic mass is 9.95. The second-order valence-corrected chi connectivity index (χ2v) is 8.09. The zero-order valence-electron chi connectivity index (χ0n) is 18.3. The first-order valence-electron chi connectivity index (χ1n) is 11.2. The van der Waals surface area contributed by atoms with Crippen molar-refractivity contribution < 1.29 is 34.8 Å². The lowest BCUT2D eigenvalue weighted by molar-refractivity contribution is -0.190. The number of aliphatic hydroxyl groups excluding tert-OH is 2. The van der Waals surface area contributed by atoms with Crippen molar-refractivity contribution in [3.8, 4) is 0 Å². The van der Waals surface area contributed by atoms with Gasteiger partial charge in [0.1, 0.15) is 0 Å². The molecule has 0 aliphatic heterocycles. The highest BCUT2D eigenvalue weighted by molar-refractivity contribution is 5.94. The van der Waals surface area contributed by atoms with Crippen LogP contribution in [0.4, 0.5) is 0 Å². The molecule has 0 bridgehead atoms. The van der Waals surface area contributed by atoms with Crippen LogP contribution < -0.4 is 0 Å². The van der Waals surface area contributed by atoms with E-state index in [2.05, 4.69) is 18.6 Å². The summed E-state index contributed by atoms with van der Waals surface area (Å²) in [6, 6.07) is 0. The Labute approximate surface area is 175 Å². The Morgan fingerprint density at radius 2 is 0.931 bits per heavy atom. The highest BCUT2D eigenvalue weighted by atomic mass is 16.6. The Kier molecular flexibility index (Phi) is 15.2. The Balaban J connectivity index is 4.54. The van der Waals surface area contributed by atoms with E-state index in [1.54, 1.807) is 0 Å². The van der Waals surface area contributed by atoms with Crippen LogP contribution >= 0.6 is 0 Å². The minimum Gasteiger partial charge on any atom is -0.393 e. The van der Waals surface area contributed by atoms with Gasteiger partial charge in [-0.2, -0.15) is 0 Å². The van der Waals surface area contributed by atoms with Gasteiger partial charge in [-0.3, -0.25) is 0 Å². The van der Waals surface area contributed by atoms with E-state index in [-0.39, 0.29) is 12.8 Å². The van der Waals surface area contributed by atoms with E-state index in [9.17, 15) is 30.0 Å². The standard InChI is InChI=1S/C22H42O7/c1-3-5-7-9-11-13-15-21(27,17-23)19(25)29-20(26)22(28,18-24)16-14-12-10-8-6-4-2/h23-24,27-28H,3-18H2,1-2H3. The predicted molar refractivity (Wildman–Crippen MR) is 111 cm³/mol. The molecule has 0 saturated carbocycles. The number of carbonyl (C=O) groups excluding carboxylic acids is 2. The average molecular weight is 419 g/mol. The second kappa shape index (κ2) is 15.8. The fourth-order valence-corrected chi connectivity index (χ4v) is 3.16. The molecule has 29 heavy (non-hydrogen) atoms. The summed E-state index contributed by atoms with van der Waals surface area (Å²) in [6.45, 7) is 2.47. The number of hydrogen-bond acceptors (Lipinski definition) is 7. The third-order valence-electron chi connectivity index (χ3n) is 5.36. The number of unbranched alkanes of at least 4 members (excludes halogenated alkanes) is 10. The minimum absolute atomic E-state index is 0.0310. The maximum atomic E-state index is 12.2. The fraction of sp³-hybridized carbons (Fsp3) is 0.909. The Hall–Kier alpha value is -1.02. The van der Waals surface area contributed by atoms with Crippen molar-refractivity contribution in [1.29, 1.82) is 0 Å². The van der Waals surface area contributed by atoms with Gasteiger partial charge in [-0.05, 0) is 25.7 Å². The van der Waals surface area contributed by atoms with Crippen LogP contribution in [-0.4, -0.2) is 56.8 Å². The molecule has 0 aromatic heterocycles. The first kappa shape index (κ1) is 28.0. The molecule has 0 rings (SSSR count). The largest absolute Gasteiger partial charge is 0.393 e. The molecule has 0 saturated heterocycles. The van der Waals surface area contributed by atoms with Crippen molar-refractivity contribution in [1.82, 2.24) is 0 Å². The van der Waals surface area contributed by atoms with Gasteiger partial charge in [0.25, 0.3) is 0 Å². The lowest BCUT2D eigenvalue weighted by Gasteiger charge is -2.27. The molecule has 0 aromatic rings. The molecule has 7 heteroatoms. The monoisotopic (exact) mass is 418 g/mol. The van der Waals surface area contributed by atoms with Crippen LogP contribution in [0.1, 0.15) is 104 Å². The molecule has 7 nitrogen and oxygen atoms in total. The second-order valence-electron chi connectivity index (χ2n) is 8.09. The Morgan fingerprint density at radius 3 is 1.24 bits per heavy atom. The molecule has 0 aromatic carbocycles. The summed E-state index contributed by atoms with van der Waals surface area (Å²) >= 11 is 0. The highest BCUT2D eigenvalue weighted by Crippen LogP contribution is 2.22. The van der Waals surface area contributed by atoms with Crippen LogP contribution in [0.25, 0.3) is 0 Å². The summed E-state index contributed by atoms with van der Waals surface area (Å²) in [6.07, 6.45) is 11.1. The number of esters is 2. The van der Waals surface area contributed by atoms with E-state index in [0.717, 1.165) is 64.2 Å². The predicted octanol–water partition coefficient (Wildman–Crippen LogP) is 3.00. The zero-order valence-corrected chi connectivity index (χ0v) is 18.3. The van der Waals surface area contributed by atoms with Gasteiger partial charge in [0, 0.05) is 0 Å². The van der Waals surface area contributed by atoms with Crippen molar-refractivity contribution in [3.05, 3.63) is 0 Å². The van der Waals surface area contributed by atoms with Gasteiger partial charge in [-0.15, -0.1) is 0 Å². The van der Waals surface area contributed by atoms with E-state index in [1.807, 2.05) is 0 Å². The number of rotatable bonds is 18. The lowest BCUT2D eigenvalue weighted by Crippen LogP contribution is -2.50. The molecule has 0 fully saturated rings. The summed E-state index contributed by atoms with van der Waals surface area (Å²) in [5.41, 5.74) is -4.37. The van der Waals surface area contributed by atoms with Crippen molar-refractivity contribution in [2.75, 3.05) is 13.2 Å². The Morgan fingerprint density at radius 1 is 0.621 bits per heavy atom. The molecule has 4 N–H and O–H groups in total. The summed E-state index contributed by atoms with van der Waals surface area (Å²) < 4.78 is 4.66. The molecule has 0 radical (unpaired) electrons. The zero-order chi connectivity index (χ0) is 22.2. The average Bonchev–Trinajstić information content (AvgIpc) is 2.72. The van der Waals surface area contributed by atoms with Gasteiger partial charge in [0.15, 0.2) is 11.2 Å². The summed E-state index contributed by atoms with van der Waals surface area (Å²) in [5.74, 6) is -2.57. The third kappa shape index (κ3) is 11.1. The molecule has 0 spiro atoms. The molecular formula is C22H42O7. The van der Waals surface area contributed by atoms with E-state index < -0.39 is 36.4 Å². The molecule has 0 aliphatic carbocycles. The van der Waals surface area contributed by atoms with Crippen LogP contribution in [0.2, 0.25) is 0 Å². The topological polar surface area (TPSA) is 124 Å². The number of hydrogen-bond donors (Lipinski definition) is 4. The smallest absolute Gasteiger partial charge is 0.348 e. The molecule has 2 unspecified atom stereocenters. The maximum Gasteiger partial charge on any atom is 0.348 e. The molecule has 0 amide bonds.